The summed E-state index contributed by atoms with van der Waals surface area (Å²) in [5.74, 6) is 0. The molecule has 104 valence electrons. The van der Waals surface area contributed by atoms with E-state index in [1.165, 1.54) is 6.08 Å². The fourth-order valence-electron chi connectivity index (χ4n) is 0.150. The molecule has 0 aromatic heterocycles. The molecule has 8 nitrogen and oxygen atoms in total. The van der Waals surface area contributed by atoms with Gasteiger partial charge in [-0.15, -0.1) is 6.58 Å². The Labute approximate surface area is 96.4 Å². The van der Waals surface area contributed by atoms with E-state index in [0.29, 0.717) is 0 Å². The van der Waals surface area contributed by atoms with E-state index in [2.05, 4.69) is 11.1 Å². The summed E-state index contributed by atoms with van der Waals surface area (Å²) in [5.41, 5.74) is 0. The van der Waals surface area contributed by atoms with Crippen molar-refractivity contribution in [1.29, 1.82) is 0 Å². The molecule has 0 saturated heterocycles. The highest BCUT2D eigenvalue weighted by molar-refractivity contribution is 7.46. The zero-order chi connectivity index (χ0) is 12.0. The molecule has 0 aromatic rings. The van der Waals surface area contributed by atoms with Gasteiger partial charge in [-0.1, -0.05) is 6.08 Å². The van der Waals surface area contributed by atoms with Crippen molar-refractivity contribution in [2.45, 2.75) is 13.8 Å². The van der Waals surface area contributed by atoms with Gasteiger partial charge in [-0.05, 0) is 13.8 Å². The van der Waals surface area contributed by atoms with Crippen molar-refractivity contribution >= 4 is 7.82 Å². The van der Waals surface area contributed by atoms with Crippen molar-refractivity contribution in [2.24, 2.45) is 0 Å². The molecule has 0 bridgehead atoms. The van der Waals surface area contributed by atoms with Crippen molar-refractivity contribution in [3.8, 4) is 0 Å². The Morgan fingerprint density at radius 2 is 1.44 bits per heavy atom. The SMILES string of the molecule is C=CCOP(=O)(O)O.CCO.CCO.N.N. The van der Waals surface area contributed by atoms with E-state index in [9.17, 15) is 4.57 Å². The number of phosphoric acid groups is 1. The van der Waals surface area contributed by atoms with Crippen molar-refractivity contribution in [2.75, 3.05) is 19.8 Å². The predicted molar refractivity (Wildman–Crippen MR) is 63.8 cm³/mol. The second-order valence-corrected chi connectivity index (χ2v) is 2.95. The molecule has 0 spiro atoms. The molecule has 0 radical (unpaired) electrons. The van der Waals surface area contributed by atoms with Crippen LogP contribution in [0.3, 0.4) is 0 Å². The standard InChI is InChI=1S/C3H7O4P.2C2H6O.2H3N/c1-2-3-7-8(4,5)6;2*1-2-3;;/h2H,1,3H2,(H2,4,5,6);2*3H,2H2,1H3;2*1H3. The van der Waals surface area contributed by atoms with E-state index < -0.39 is 7.82 Å². The maximum absolute atomic E-state index is 9.81. The van der Waals surface area contributed by atoms with E-state index in [1.807, 2.05) is 0 Å². The molecule has 0 atom stereocenters. The fraction of sp³-hybridized carbons (Fsp3) is 0.714. The highest BCUT2D eigenvalue weighted by atomic mass is 31.2. The zero-order valence-electron chi connectivity index (χ0n) is 9.87. The monoisotopic (exact) mass is 264 g/mol. The molecule has 0 aromatic carbocycles. The van der Waals surface area contributed by atoms with E-state index in [1.54, 1.807) is 13.8 Å². The topological polar surface area (TPSA) is 177 Å². The second-order valence-electron chi connectivity index (χ2n) is 1.71. The summed E-state index contributed by atoms with van der Waals surface area (Å²) in [4.78, 5) is 16.0. The Hall–Kier alpha value is -0.310. The Bertz CT molecular complexity index is 150. The molecule has 0 aliphatic heterocycles. The minimum Gasteiger partial charge on any atom is -0.397 e. The summed E-state index contributed by atoms with van der Waals surface area (Å²) in [5, 5.41) is 15.1. The third kappa shape index (κ3) is 100. The molecule has 0 saturated carbocycles. The Kier molecular flexibility index (Phi) is 44.6. The Morgan fingerprint density at radius 1 is 1.19 bits per heavy atom. The number of aliphatic hydroxyl groups is 2. The molecule has 0 rings (SSSR count). The highest BCUT2D eigenvalue weighted by Crippen LogP contribution is 2.35. The summed E-state index contributed by atoms with van der Waals surface area (Å²) < 4.78 is 13.7. The first-order valence-electron chi connectivity index (χ1n) is 3.92. The number of hydrogen-bond donors (Lipinski definition) is 6. The fourth-order valence-corrected chi connectivity index (χ4v) is 0.449. The molecule has 0 unspecified atom stereocenters. The average Bonchev–Trinajstić information content (AvgIpc) is 2.02. The molecule has 0 heterocycles. The van der Waals surface area contributed by atoms with Gasteiger partial charge in [-0.25, -0.2) is 4.57 Å². The average molecular weight is 264 g/mol. The second kappa shape index (κ2) is 24.1. The molecule has 9 heteroatoms. The van der Waals surface area contributed by atoms with E-state index in [0.717, 1.165) is 0 Å². The molecule has 16 heavy (non-hydrogen) atoms. The van der Waals surface area contributed by atoms with Gasteiger partial charge in [-0.2, -0.15) is 0 Å². The zero-order valence-corrected chi connectivity index (χ0v) is 10.8. The van der Waals surface area contributed by atoms with Crippen molar-refractivity contribution < 1.29 is 29.1 Å². The van der Waals surface area contributed by atoms with Gasteiger partial charge in [0.15, 0.2) is 0 Å². The minimum absolute atomic E-state index is 0. The Balaban J connectivity index is -0.0000000434. The first-order valence-corrected chi connectivity index (χ1v) is 5.45. The number of rotatable bonds is 3. The quantitative estimate of drug-likeness (QED) is 0.317. The van der Waals surface area contributed by atoms with E-state index >= 15 is 0 Å². The van der Waals surface area contributed by atoms with Crippen LogP contribution in [0.2, 0.25) is 0 Å². The summed E-state index contributed by atoms with van der Waals surface area (Å²) in [6.45, 7) is 6.94. The normalized spacial score (nSPS) is 7.88. The third-order valence-corrected chi connectivity index (χ3v) is 0.846. The van der Waals surface area contributed by atoms with Crippen LogP contribution in [-0.4, -0.2) is 39.8 Å². The summed E-state index contributed by atoms with van der Waals surface area (Å²) in [6.07, 6.45) is 1.26. The molecule has 0 aliphatic rings. The van der Waals surface area contributed by atoms with Gasteiger partial charge >= 0.3 is 7.82 Å². The lowest BCUT2D eigenvalue weighted by atomic mass is 10.7. The molecule has 0 aliphatic carbocycles. The van der Waals surface area contributed by atoms with Crippen LogP contribution < -0.4 is 12.3 Å². The lowest BCUT2D eigenvalue weighted by Gasteiger charge is -1.98. The van der Waals surface area contributed by atoms with Crippen molar-refractivity contribution in [3.05, 3.63) is 12.7 Å². The largest absolute Gasteiger partial charge is 0.469 e. The van der Waals surface area contributed by atoms with Crippen LogP contribution in [-0.2, 0) is 9.09 Å². The first kappa shape index (κ1) is 29.6. The van der Waals surface area contributed by atoms with Crippen LogP contribution in [0.1, 0.15) is 13.8 Å². The lowest BCUT2D eigenvalue weighted by molar-refractivity contribution is 0.216. The van der Waals surface area contributed by atoms with Crippen LogP contribution in [0.25, 0.3) is 0 Å². The smallest absolute Gasteiger partial charge is 0.397 e. The molecular weight excluding hydrogens is 239 g/mol. The van der Waals surface area contributed by atoms with Crippen LogP contribution in [0.4, 0.5) is 0 Å². The molecule has 10 N–H and O–H groups in total. The van der Waals surface area contributed by atoms with Gasteiger partial charge < -0.3 is 32.3 Å². The predicted octanol–water partition coefficient (Wildman–Crippen LogP) is 0.603. The summed E-state index contributed by atoms with van der Waals surface area (Å²) in [7, 11) is -4.25. The van der Waals surface area contributed by atoms with Gasteiger partial charge in [0, 0.05) is 13.2 Å². The lowest BCUT2D eigenvalue weighted by Crippen LogP contribution is -1.86. The number of aliphatic hydroxyl groups excluding tert-OH is 2. The van der Waals surface area contributed by atoms with Crippen LogP contribution in [0, 0.1) is 0 Å². The van der Waals surface area contributed by atoms with Gasteiger partial charge in [-0.3, -0.25) is 4.52 Å². The van der Waals surface area contributed by atoms with E-state index in [4.69, 9.17) is 20.0 Å². The van der Waals surface area contributed by atoms with Gasteiger partial charge in [0.05, 0.1) is 6.61 Å². The molecule has 0 amide bonds. The number of phosphoric ester groups is 1. The van der Waals surface area contributed by atoms with Gasteiger partial charge in [0.25, 0.3) is 0 Å². The minimum atomic E-state index is -4.25. The van der Waals surface area contributed by atoms with Crippen molar-refractivity contribution in [1.82, 2.24) is 12.3 Å². The summed E-state index contributed by atoms with van der Waals surface area (Å²) >= 11 is 0. The molecule has 0 fully saturated rings. The van der Waals surface area contributed by atoms with Crippen molar-refractivity contribution in [3.63, 3.8) is 0 Å². The van der Waals surface area contributed by atoms with Gasteiger partial charge in [0.2, 0.25) is 0 Å². The maximum atomic E-state index is 9.81. The van der Waals surface area contributed by atoms with Gasteiger partial charge in [0.1, 0.15) is 0 Å². The first-order chi connectivity index (χ1) is 6.39. The highest BCUT2D eigenvalue weighted by Gasteiger charge is 2.10. The van der Waals surface area contributed by atoms with Crippen LogP contribution in [0.5, 0.6) is 0 Å². The Morgan fingerprint density at radius 3 is 1.50 bits per heavy atom. The third-order valence-electron chi connectivity index (χ3n) is 0.361. The number of hydrogen-bond acceptors (Lipinski definition) is 6. The van der Waals surface area contributed by atoms with Crippen LogP contribution in [0.15, 0.2) is 12.7 Å². The van der Waals surface area contributed by atoms with E-state index in [-0.39, 0.29) is 32.1 Å². The summed E-state index contributed by atoms with van der Waals surface area (Å²) in [6, 6.07) is 0. The maximum Gasteiger partial charge on any atom is 0.469 e. The molecular formula is C7H25N2O6P. The van der Waals surface area contributed by atoms with Crippen LogP contribution >= 0.6 is 7.82 Å².